The molecule has 0 saturated carbocycles. The van der Waals surface area contributed by atoms with Crippen LogP contribution in [0.2, 0.25) is 0 Å². The minimum Gasteiger partial charge on any atom is -0.323 e. The highest BCUT2D eigenvalue weighted by molar-refractivity contribution is 5.28. The molecule has 1 aromatic rings. The molecule has 0 saturated heterocycles. The zero-order valence-corrected chi connectivity index (χ0v) is 8.51. The maximum absolute atomic E-state index is 6.23. The largest absolute Gasteiger partial charge is 0.323 e. The Morgan fingerprint density at radius 3 is 2.87 bits per heavy atom. The summed E-state index contributed by atoms with van der Waals surface area (Å²) in [4.78, 5) is 4.26. The normalized spacial score (nSPS) is 29.3. The predicted molar refractivity (Wildman–Crippen MR) is 61.1 cm³/mol. The summed E-state index contributed by atoms with van der Waals surface area (Å²) < 4.78 is 0. The lowest BCUT2D eigenvalue weighted by molar-refractivity contribution is 0.462. The van der Waals surface area contributed by atoms with E-state index in [2.05, 4.69) is 4.98 Å². The first-order valence-corrected chi connectivity index (χ1v) is 5.01. The summed E-state index contributed by atoms with van der Waals surface area (Å²) in [5, 5.41) is 0. The molecule has 0 aromatic carbocycles. The molecule has 0 radical (unpaired) electrons. The van der Waals surface area contributed by atoms with Crippen LogP contribution in [0.1, 0.15) is 5.69 Å². The molecule has 1 aliphatic carbocycles. The molecule has 4 N–H and O–H groups in total. The van der Waals surface area contributed by atoms with Crippen molar-refractivity contribution in [2.45, 2.75) is 18.0 Å². The Bertz CT molecular complexity index is 383. The number of nitrogens with zero attached hydrogens (tertiary/aromatic N) is 1. The minimum atomic E-state index is -0.511. The number of hydrogen-bond acceptors (Lipinski definition) is 3. The van der Waals surface area contributed by atoms with Gasteiger partial charge in [-0.05, 0) is 12.1 Å². The predicted octanol–water partition coefficient (Wildman–Crippen LogP) is 0.775. The van der Waals surface area contributed by atoms with Gasteiger partial charge in [-0.1, -0.05) is 30.4 Å². The summed E-state index contributed by atoms with van der Waals surface area (Å²) in [7, 11) is 0. The topological polar surface area (TPSA) is 64.9 Å². The van der Waals surface area contributed by atoms with Crippen molar-refractivity contribution in [2.24, 2.45) is 11.5 Å². The van der Waals surface area contributed by atoms with Gasteiger partial charge in [0.25, 0.3) is 0 Å². The minimum absolute atomic E-state index is 0.149. The molecule has 1 heterocycles. The van der Waals surface area contributed by atoms with Gasteiger partial charge in [0.05, 0.1) is 5.54 Å². The van der Waals surface area contributed by atoms with Crippen LogP contribution in [0.25, 0.3) is 0 Å². The van der Waals surface area contributed by atoms with Crippen LogP contribution in [-0.4, -0.2) is 16.6 Å². The van der Waals surface area contributed by atoms with E-state index in [1.807, 2.05) is 42.5 Å². The molecule has 3 nitrogen and oxygen atoms in total. The van der Waals surface area contributed by atoms with Gasteiger partial charge in [-0.15, -0.1) is 0 Å². The van der Waals surface area contributed by atoms with Gasteiger partial charge in [0.15, 0.2) is 0 Å². The highest BCUT2D eigenvalue weighted by atomic mass is 14.9. The maximum atomic E-state index is 6.23. The Balaban J connectivity index is 2.18. The standard InChI is InChI=1S/C12H15N3/c13-11-6-1-3-7-12(11,14)9-10-5-2-4-8-15-10/h1-8,11H,9,13-14H2. The average molecular weight is 201 g/mol. The fraction of sp³-hybridized carbons (Fsp3) is 0.250. The van der Waals surface area contributed by atoms with Gasteiger partial charge in [-0.3, -0.25) is 4.98 Å². The van der Waals surface area contributed by atoms with E-state index in [0.29, 0.717) is 6.42 Å². The van der Waals surface area contributed by atoms with E-state index in [9.17, 15) is 0 Å². The van der Waals surface area contributed by atoms with Crippen LogP contribution < -0.4 is 11.5 Å². The second-order valence-corrected chi connectivity index (χ2v) is 3.88. The average Bonchev–Trinajstić information content (AvgIpc) is 2.24. The molecule has 0 bridgehead atoms. The van der Waals surface area contributed by atoms with Gasteiger partial charge in [0.1, 0.15) is 0 Å². The van der Waals surface area contributed by atoms with Gasteiger partial charge in [0, 0.05) is 24.4 Å². The molecule has 2 rings (SSSR count). The number of aromatic nitrogens is 1. The van der Waals surface area contributed by atoms with Gasteiger partial charge >= 0.3 is 0 Å². The summed E-state index contributed by atoms with van der Waals surface area (Å²) in [5.74, 6) is 0. The Kier molecular flexibility index (Phi) is 2.66. The zero-order chi connectivity index (χ0) is 10.7. The van der Waals surface area contributed by atoms with Crippen molar-refractivity contribution in [1.82, 2.24) is 4.98 Å². The molecule has 0 aliphatic heterocycles. The second kappa shape index (κ2) is 3.96. The third-order valence-corrected chi connectivity index (χ3v) is 2.67. The Morgan fingerprint density at radius 1 is 1.33 bits per heavy atom. The first-order valence-electron chi connectivity index (χ1n) is 5.01. The summed E-state index contributed by atoms with van der Waals surface area (Å²) in [6, 6.07) is 5.67. The molecular weight excluding hydrogens is 186 g/mol. The number of pyridine rings is 1. The highest BCUT2D eigenvalue weighted by Crippen LogP contribution is 2.18. The lowest BCUT2D eigenvalue weighted by atomic mass is 9.83. The van der Waals surface area contributed by atoms with E-state index >= 15 is 0 Å². The number of allylic oxidation sites excluding steroid dienone is 2. The number of hydrogen-bond donors (Lipinski definition) is 2. The fourth-order valence-corrected chi connectivity index (χ4v) is 1.70. The van der Waals surface area contributed by atoms with Gasteiger partial charge < -0.3 is 11.5 Å². The Morgan fingerprint density at radius 2 is 2.20 bits per heavy atom. The first kappa shape index (κ1) is 10.1. The van der Waals surface area contributed by atoms with Crippen LogP contribution >= 0.6 is 0 Å². The smallest absolute Gasteiger partial charge is 0.0588 e. The summed E-state index contributed by atoms with van der Waals surface area (Å²) in [6.07, 6.45) is 10.2. The SMILES string of the molecule is NC1C=CC=CC1(N)Cc1ccccn1. The van der Waals surface area contributed by atoms with E-state index in [0.717, 1.165) is 5.69 Å². The lowest BCUT2D eigenvalue weighted by Gasteiger charge is -2.32. The molecule has 0 spiro atoms. The van der Waals surface area contributed by atoms with E-state index in [1.165, 1.54) is 0 Å². The van der Waals surface area contributed by atoms with Crippen molar-refractivity contribution in [1.29, 1.82) is 0 Å². The fourth-order valence-electron chi connectivity index (χ4n) is 1.70. The first-order chi connectivity index (χ1) is 7.21. The van der Waals surface area contributed by atoms with Crippen molar-refractivity contribution >= 4 is 0 Å². The quantitative estimate of drug-likeness (QED) is 0.743. The van der Waals surface area contributed by atoms with Crippen molar-refractivity contribution in [3.63, 3.8) is 0 Å². The second-order valence-electron chi connectivity index (χ2n) is 3.88. The van der Waals surface area contributed by atoms with Gasteiger partial charge in [-0.25, -0.2) is 0 Å². The molecular formula is C12H15N3. The van der Waals surface area contributed by atoms with Crippen molar-refractivity contribution < 1.29 is 0 Å². The molecule has 2 atom stereocenters. The Hall–Kier alpha value is -1.45. The third-order valence-electron chi connectivity index (χ3n) is 2.67. The van der Waals surface area contributed by atoms with Gasteiger partial charge in [-0.2, -0.15) is 0 Å². The molecule has 1 aromatic heterocycles. The number of rotatable bonds is 2. The molecule has 0 amide bonds. The molecule has 2 unspecified atom stereocenters. The zero-order valence-electron chi connectivity index (χ0n) is 8.51. The number of nitrogens with two attached hydrogens (primary N) is 2. The summed E-state index contributed by atoms with van der Waals surface area (Å²) in [5.41, 5.74) is 12.7. The van der Waals surface area contributed by atoms with Crippen LogP contribution in [0, 0.1) is 0 Å². The third kappa shape index (κ3) is 2.14. The summed E-state index contributed by atoms with van der Waals surface area (Å²) >= 11 is 0. The van der Waals surface area contributed by atoms with Crippen LogP contribution in [0.15, 0.2) is 48.7 Å². The van der Waals surface area contributed by atoms with Gasteiger partial charge in [0.2, 0.25) is 0 Å². The van der Waals surface area contributed by atoms with Crippen molar-refractivity contribution in [3.8, 4) is 0 Å². The van der Waals surface area contributed by atoms with Crippen molar-refractivity contribution in [2.75, 3.05) is 0 Å². The van der Waals surface area contributed by atoms with Crippen LogP contribution in [0.3, 0.4) is 0 Å². The monoisotopic (exact) mass is 201 g/mol. The highest BCUT2D eigenvalue weighted by Gasteiger charge is 2.29. The van der Waals surface area contributed by atoms with E-state index in [1.54, 1.807) is 6.20 Å². The lowest BCUT2D eigenvalue weighted by Crippen LogP contribution is -2.55. The summed E-state index contributed by atoms with van der Waals surface area (Å²) in [6.45, 7) is 0. The molecule has 3 heteroatoms. The van der Waals surface area contributed by atoms with Crippen LogP contribution in [0.5, 0.6) is 0 Å². The van der Waals surface area contributed by atoms with E-state index in [4.69, 9.17) is 11.5 Å². The van der Waals surface area contributed by atoms with Crippen LogP contribution in [-0.2, 0) is 6.42 Å². The molecule has 0 fully saturated rings. The van der Waals surface area contributed by atoms with Crippen molar-refractivity contribution in [3.05, 3.63) is 54.4 Å². The maximum Gasteiger partial charge on any atom is 0.0588 e. The molecule has 15 heavy (non-hydrogen) atoms. The molecule has 78 valence electrons. The van der Waals surface area contributed by atoms with E-state index < -0.39 is 5.54 Å². The Labute approximate surface area is 89.5 Å². The molecule has 1 aliphatic rings. The van der Waals surface area contributed by atoms with E-state index in [-0.39, 0.29) is 6.04 Å². The van der Waals surface area contributed by atoms with Crippen LogP contribution in [0.4, 0.5) is 0 Å².